The third-order valence-corrected chi connectivity index (χ3v) is 3.16. The largest absolute Gasteiger partial charge is 0.298 e. The van der Waals surface area contributed by atoms with Crippen molar-refractivity contribution < 1.29 is 4.79 Å². The molecule has 0 aliphatic heterocycles. The number of rotatable bonds is 6. The SMILES string of the molecule is C=C(C=O)/C=C\C(=C)C=C(c1ccccc1)c1ccccc1. The van der Waals surface area contributed by atoms with E-state index in [1.807, 2.05) is 42.5 Å². The standard InChI is InChI=1S/C21H18O/c1-17(13-14-18(2)16-22)15-21(19-9-5-3-6-10-19)20-11-7-4-8-12-20/h3-16H,1-2H2/b14-13-. The van der Waals surface area contributed by atoms with E-state index in [-0.39, 0.29) is 0 Å². The number of carbonyl (C=O) groups is 1. The van der Waals surface area contributed by atoms with Gasteiger partial charge < -0.3 is 0 Å². The maximum atomic E-state index is 10.6. The Balaban J connectivity index is 2.39. The van der Waals surface area contributed by atoms with Crippen LogP contribution in [0.2, 0.25) is 0 Å². The molecular formula is C21H18O. The van der Waals surface area contributed by atoms with Gasteiger partial charge in [0.05, 0.1) is 0 Å². The molecule has 0 radical (unpaired) electrons. The molecule has 2 rings (SSSR count). The van der Waals surface area contributed by atoms with Crippen molar-refractivity contribution in [3.63, 3.8) is 0 Å². The molecule has 0 aliphatic carbocycles. The minimum Gasteiger partial charge on any atom is -0.298 e. The molecule has 0 aliphatic rings. The lowest BCUT2D eigenvalue weighted by atomic mass is 9.96. The molecule has 1 heteroatoms. The van der Waals surface area contributed by atoms with Crippen LogP contribution in [-0.2, 0) is 4.79 Å². The lowest BCUT2D eigenvalue weighted by Gasteiger charge is -2.09. The van der Waals surface area contributed by atoms with Gasteiger partial charge in [-0.3, -0.25) is 4.79 Å². The topological polar surface area (TPSA) is 17.1 Å². The summed E-state index contributed by atoms with van der Waals surface area (Å²) in [5.74, 6) is 0. The van der Waals surface area contributed by atoms with Crippen molar-refractivity contribution in [3.8, 4) is 0 Å². The summed E-state index contributed by atoms with van der Waals surface area (Å²) < 4.78 is 0. The number of hydrogen-bond donors (Lipinski definition) is 0. The number of allylic oxidation sites excluding steroid dienone is 5. The van der Waals surface area contributed by atoms with E-state index < -0.39 is 0 Å². The summed E-state index contributed by atoms with van der Waals surface area (Å²) in [5.41, 5.74) is 4.57. The highest BCUT2D eigenvalue weighted by atomic mass is 16.1. The van der Waals surface area contributed by atoms with Crippen molar-refractivity contribution in [3.05, 3.63) is 114 Å². The molecular weight excluding hydrogens is 268 g/mol. The summed E-state index contributed by atoms with van der Waals surface area (Å²) >= 11 is 0. The van der Waals surface area contributed by atoms with Crippen LogP contribution in [-0.4, -0.2) is 6.29 Å². The molecule has 0 bridgehead atoms. The van der Waals surface area contributed by atoms with Crippen LogP contribution in [0.4, 0.5) is 0 Å². The average molecular weight is 286 g/mol. The molecule has 22 heavy (non-hydrogen) atoms. The maximum Gasteiger partial charge on any atom is 0.149 e. The van der Waals surface area contributed by atoms with Crippen molar-refractivity contribution in [1.82, 2.24) is 0 Å². The predicted molar refractivity (Wildman–Crippen MR) is 93.4 cm³/mol. The second kappa shape index (κ2) is 7.75. The molecule has 0 saturated carbocycles. The highest BCUT2D eigenvalue weighted by Gasteiger charge is 2.04. The summed E-state index contributed by atoms with van der Waals surface area (Å²) in [6, 6.07) is 20.3. The van der Waals surface area contributed by atoms with Crippen LogP contribution < -0.4 is 0 Å². The molecule has 0 N–H and O–H groups in total. The van der Waals surface area contributed by atoms with Gasteiger partial charge in [0.15, 0.2) is 0 Å². The van der Waals surface area contributed by atoms with Crippen molar-refractivity contribution >= 4 is 11.9 Å². The second-order valence-corrected chi connectivity index (χ2v) is 4.89. The van der Waals surface area contributed by atoms with Crippen LogP contribution in [0.25, 0.3) is 5.57 Å². The lowest BCUT2D eigenvalue weighted by molar-refractivity contribution is -0.104. The molecule has 2 aromatic rings. The van der Waals surface area contributed by atoms with Gasteiger partial charge in [-0.1, -0.05) is 86.0 Å². The van der Waals surface area contributed by atoms with Gasteiger partial charge in [-0.05, 0) is 28.3 Å². The summed E-state index contributed by atoms with van der Waals surface area (Å²) in [6.07, 6.45) is 6.20. The van der Waals surface area contributed by atoms with Crippen LogP contribution in [0.5, 0.6) is 0 Å². The van der Waals surface area contributed by atoms with E-state index in [2.05, 4.69) is 37.4 Å². The monoisotopic (exact) mass is 286 g/mol. The van der Waals surface area contributed by atoms with E-state index >= 15 is 0 Å². The zero-order valence-corrected chi connectivity index (χ0v) is 12.4. The van der Waals surface area contributed by atoms with Gasteiger partial charge in [-0.25, -0.2) is 0 Å². The quantitative estimate of drug-likeness (QED) is 0.415. The number of aldehydes is 1. The first-order valence-electron chi connectivity index (χ1n) is 7.04. The van der Waals surface area contributed by atoms with E-state index in [9.17, 15) is 4.79 Å². The first-order chi connectivity index (χ1) is 10.7. The van der Waals surface area contributed by atoms with Gasteiger partial charge in [0.1, 0.15) is 6.29 Å². The van der Waals surface area contributed by atoms with Gasteiger partial charge in [-0.15, -0.1) is 0 Å². The third-order valence-electron chi connectivity index (χ3n) is 3.16. The Morgan fingerprint density at radius 1 is 0.727 bits per heavy atom. The summed E-state index contributed by atoms with van der Waals surface area (Å²) in [6.45, 7) is 7.66. The smallest absolute Gasteiger partial charge is 0.149 e. The van der Waals surface area contributed by atoms with Crippen LogP contribution in [0.3, 0.4) is 0 Å². The fourth-order valence-corrected chi connectivity index (χ4v) is 2.06. The fourth-order valence-electron chi connectivity index (χ4n) is 2.06. The first kappa shape index (κ1) is 15.5. The molecule has 0 heterocycles. The third kappa shape index (κ3) is 4.29. The summed E-state index contributed by atoms with van der Waals surface area (Å²) in [4.78, 5) is 10.6. The van der Waals surface area contributed by atoms with Crippen molar-refractivity contribution in [2.24, 2.45) is 0 Å². The molecule has 0 saturated heterocycles. The Kier molecular flexibility index (Phi) is 5.44. The van der Waals surface area contributed by atoms with Crippen LogP contribution in [0, 0.1) is 0 Å². The van der Waals surface area contributed by atoms with E-state index in [1.165, 1.54) is 0 Å². The molecule has 108 valence electrons. The molecule has 0 atom stereocenters. The fraction of sp³-hybridized carbons (Fsp3) is 0. The summed E-state index contributed by atoms with van der Waals surface area (Å²) in [7, 11) is 0. The van der Waals surface area contributed by atoms with Crippen molar-refractivity contribution in [1.29, 1.82) is 0 Å². The van der Waals surface area contributed by atoms with Crippen LogP contribution >= 0.6 is 0 Å². The lowest BCUT2D eigenvalue weighted by Crippen LogP contribution is -1.88. The number of hydrogen-bond acceptors (Lipinski definition) is 1. The van der Waals surface area contributed by atoms with Gasteiger partial charge in [0, 0.05) is 5.57 Å². The van der Waals surface area contributed by atoms with E-state index in [4.69, 9.17) is 0 Å². The molecule has 0 unspecified atom stereocenters. The minimum absolute atomic E-state index is 0.426. The van der Waals surface area contributed by atoms with Gasteiger partial charge >= 0.3 is 0 Å². The Morgan fingerprint density at radius 2 is 1.18 bits per heavy atom. The number of carbonyl (C=O) groups excluding carboxylic acids is 1. The van der Waals surface area contributed by atoms with Gasteiger partial charge in [0.2, 0.25) is 0 Å². The van der Waals surface area contributed by atoms with Gasteiger partial charge in [0.25, 0.3) is 0 Å². The normalized spacial score (nSPS) is 10.2. The molecule has 1 nitrogen and oxygen atoms in total. The average Bonchev–Trinajstić information content (AvgIpc) is 2.59. The van der Waals surface area contributed by atoms with E-state index in [0.29, 0.717) is 5.57 Å². The Hall–Kier alpha value is -2.93. The molecule has 0 fully saturated rings. The zero-order valence-electron chi connectivity index (χ0n) is 12.4. The van der Waals surface area contributed by atoms with E-state index in [0.717, 1.165) is 28.6 Å². The van der Waals surface area contributed by atoms with Crippen LogP contribution in [0.1, 0.15) is 11.1 Å². The van der Waals surface area contributed by atoms with Crippen molar-refractivity contribution in [2.75, 3.05) is 0 Å². The summed E-state index contributed by atoms with van der Waals surface area (Å²) in [5, 5.41) is 0. The Morgan fingerprint density at radius 3 is 1.64 bits per heavy atom. The van der Waals surface area contributed by atoms with Crippen molar-refractivity contribution in [2.45, 2.75) is 0 Å². The number of benzene rings is 2. The van der Waals surface area contributed by atoms with Gasteiger partial charge in [-0.2, -0.15) is 0 Å². The van der Waals surface area contributed by atoms with Crippen LogP contribution in [0.15, 0.2) is 103 Å². The molecule has 2 aromatic carbocycles. The highest BCUT2D eigenvalue weighted by molar-refractivity contribution is 5.82. The van der Waals surface area contributed by atoms with E-state index in [1.54, 1.807) is 12.2 Å². The molecule has 0 spiro atoms. The highest BCUT2D eigenvalue weighted by Crippen LogP contribution is 2.24. The maximum absolute atomic E-state index is 10.6. The first-order valence-corrected chi connectivity index (χ1v) is 7.04. The molecule has 0 aromatic heterocycles. The molecule has 0 amide bonds. The Labute approximate surface area is 131 Å². The predicted octanol–water partition coefficient (Wildman–Crippen LogP) is 4.99. The zero-order chi connectivity index (χ0) is 15.8. The second-order valence-electron chi connectivity index (χ2n) is 4.89. The Bertz CT molecular complexity index is 678. The minimum atomic E-state index is 0.426.